The van der Waals surface area contributed by atoms with E-state index in [1.54, 1.807) is 14.2 Å². The molecule has 1 unspecified atom stereocenters. The van der Waals surface area contributed by atoms with Gasteiger partial charge in [-0.05, 0) is 64.1 Å². The predicted octanol–water partition coefficient (Wildman–Crippen LogP) is 6.07. The summed E-state index contributed by atoms with van der Waals surface area (Å²) < 4.78 is 17.4. The molecule has 3 amide bonds. The van der Waals surface area contributed by atoms with Gasteiger partial charge in [-0.3, -0.25) is 26.2 Å². The lowest BCUT2D eigenvalue weighted by atomic mass is 9.87. The van der Waals surface area contributed by atoms with Crippen LogP contribution < -0.4 is 25.4 Å². The Kier molecular flexibility index (Phi) is 13.1. The van der Waals surface area contributed by atoms with Gasteiger partial charge in [-0.25, -0.2) is 4.79 Å². The first-order valence-electron chi connectivity index (χ1n) is 17.3. The lowest BCUT2D eigenvalue weighted by Crippen LogP contribution is -2.56. The Morgan fingerprint density at radius 1 is 0.846 bits per heavy atom. The Bertz CT molecular complexity index is 1980. The second-order valence-electron chi connectivity index (χ2n) is 12.7. The van der Waals surface area contributed by atoms with Crippen molar-refractivity contribution in [3.05, 3.63) is 88.8 Å². The average molecular weight is 728 g/mol. The van der Waals surface area contributed by atoms with Crippen LogP contribution in [-0.2, 0) is 36.8 Å². The maximum absolute atomic E-state index is 14.1. The number of ether oxygens (including phenoxy) is 3. The van der Waals surface area contributed by atoms with E-state index in [4.69, 9.17) is 26.0 Å². The van der Waals surface area contributed by atoms with Crippen molar-refractivity contribution in [1.82, 2.24) is 16.0 Å². The third kappa shape index (κ3) is 8.66. The molecule has 3 N–H and O–H groups in total. The molecular weight excluding hydrogens is 684 g/mol. The van der Waals surface area contributed by atoms with Gasteiger partial charge in [0.1, 0.15) is 29.6 Å². The van der Waals surface area contributed by atoms with E-state index < -0.39 is 41.8 Å². The molecule has 0 saturated heterocycles. The molecule has 0 fully saturated rings. The van der Waals surface area contributed by atoms with Gasteiger partial charge >= 0.3 is 5.97 Å². The number of rotatable bonds is 9. The maximum Gasteiger partial charge on any atom is 0.328 e. The number of amides is 3. The summed E-state index contributed by atoms with van der Waals surface area (Å²) >= 11 is 5.52. The van der Waals surface area contributed by atoms with Crippen LogP contribution in [0.15, 0.2) is 72.8 Å². The Morgan fingerprint density at radius 2 is 1.46 bits per heavy atom. The molecule has 3 atom stereocenters. The van der Waals surface area contributed by atoms with Crippen LogP contribution in [0.3, 0.4) is 0 Å². The Morgan fingerprint density at radius 3 is 2.06 bits per heavy atom. The first-order chi connectivity index (χ1) is 25.2. The zero-order valence-electron chi connectivity index (χ0n) is 29.8. The Hall–Kier alpha value is -5.13. The zero-order valence-corrected chi connectivity index (χ0v) is 30.5. The molecule has 52 heavy (non-hydrogen) atoms. The van der Waals surface area contributed by atoms with Gasteiger partial charge in [0.05, 0.1) is 21.3 Å². The molecule has 12 heteroatoms. The second kappa shape index (κ2) is 17.9. The van der Waals surface area contributed by atoms with Crippen molar-refractivity contribution < 1.29 is 33.4 Å². The van der Waals surface area contributed by atoms with Crippen molar-refractivity contribution in [3.8, 4) is 22.6 Å². The number of hydrogen-bond acceptors (Lipinski definition) is 7. The summed E-state index contributed by atoms with van der Waals surface area (Å²) in [7, 11) is 4.47. The predicted molar refractivity (Wildman–Crippen MR) is 203 cm³/mol. The molecule has 4 aromatic carbocycles. The van der Waals surface area contributed by atoms with E-state index in [1.807, 2.05) is 66.7 Å². The maximum atomic E-state index is 14.1. The summed E-state index contributed by atoms with van der Waals surface area (Å²) in [6.45, 7) is 1.71. The highest BCUT2D eigenvalue weighted by Gasteiger charge is 2.31. The fourth-order valence-electron chi connectivity index (χ4n) is 6.85. The number of nitrogens with one attached hydrogen (secondary N) is 3. The van der Waals surface area contributed by atoms with E-state index in [1.165, 1.54) is 14.0 Å². The molecule has 0 aliphatic carbocycles. The van der Waals surface area contributed by atoms with Crippen molar-refractivity contribution in [1.29, 1.82) is 0 Å². The highest BCUT2D eigenvalue weighted by Crippen LogP contribution is 2.48. The lowest BCUT2D eigenvalue weighted by Gasteiger charge is -2.26. The van der Waals surface area contributed by atoms with Gasteiger partial charge in [0.15, 0.2) is 0 Å². The van der Waals surface area contributed by atoms with Crippen molar-refractivity contribution in [2.75, 3.05) is 27.9 Å². The number of unbranched alkanes of at least 4 members (excludes halogenated alkanes) is 1. The zero-order chi connectivity index (χ0) is 37.2. The van der Waals surface area contributed by atoms with E-state index in [9.17, 15) is 19.2 Å². The quantitative estimate of drug-likeness (QED) is 0.108. The summed E-state index contributed by atoms with van der Waals surface area (Å²) in [5.74, 6) is -1.02. The number of fused-ring (bicyclic) bond motifs is 9. The minimum atomic E-state index is -1.09. The average Bonchev–Trinajstić information content (AvgIpc) is 3.14. The van der Waals surface area contributed by atoms with E-state index in [-0.39, 0.29) is 19.3 Å². The number of esters is 1. The van der Waals surface area contributed by atoms with E-state index >= 15 is 0 Å². The van der Waals surface area contributed by atoms with Crippen molar-refractivity contribution in [2.45, 2.75) is 63.6 Å². The first-order valence-corrected chi connectivity index (χ1v) is 17.6. The largest absolute Gasteiger partial charge is 0.575 e. The van der Waals surface area contributed by atoms with Crippen LogP contribution >= 0.6 is 11.8 Å². The molecule has 1 aliphatic rings. The fraction of sp³-hybridized carbons (Fsp3) is 0.350. The molecule has 0 radical (unpaired) electrons. The number of carbonyl (C=O) groups excluding carboxylic acids is 4. The molecule has 4 aromatic rings. The minimum absolute atomic E-state index is 0.0410. The van der Waals surface area contributed by atoms with Crippen molar-refractivity contribution >= 4 is 57.0 Å². The number of allylic oxidation sites excluding steroid dienone is 1. The molecule has 5 rings (SSSR count). The highest BCUT2D eigenvalue weighted by atomic mass is 35.5. The van der Waals surface area contributed by atoms with Crippen LogP contribution in [0.25, 0.3) is 37.5 Å². The second-order valence-corrected chi connectivity index (χ2v) is 12.9. The van der Waals surface area contributed by atoms with Gasteiger partial charge in [-0.1, -0.05) is 73.5 Å². The molecule has 4 bridgehead atoms. The summed E-state index contributed by atoms with van der Waals surface area (Å²) in [5.41, 5.74) is 3.16. The van der Waals surface area contributed by atoms with Crippen LogP contribution in [0, 0.1) is 0 Å². The van der Waals surface area contributed by atoms with Crippen LogP contribution in [0.1, 0.15) is 43.7 Å². The van der Waals surface area contributed by atoms with Gasteiger partial charge in [0.2, 0.25) is 17.7 Å². The number of halogens is 1. The SMILES string of the molecule is COC(=O)[C@@H]1C/C=C\Cc2cc3ccccc3c(c2OC)-c2c(OC)c(cc3ccccc23)CC(NC(C)=O)C(=O)N[C@@H](CCCC[N-]Cl)C(=O)N1. The molecule has 0 spiro atoms. The van der Waals surface area contributed by atoms with Gasteiger partial charge in [0.25, 0.3) is 0 Å². The molecule has 0 aromatic heterocycles. The number of hydrogen-bond donors (Lipinski definition) is 3. The monoisotopic (exact) mass is 727 g/mol. The van der Waals surface area contributed by atoms with Crippen molar-refractivity contribution in [2.24, 2.45) is 0 Å². The fourth-order valence-corrected chi connectivity index (χ4v) is 6.97. The summed E-state index contributed by atoms with van der Waals surface area (Å²) in [4.78, 5) is 56.9. The number of benzene rings is 4. The van der Waals surface area contributed by atoms with Gasteiger partial charge in [-0.15, -0.1) is 6.54 Å². The number of carbonyl (C=O) groups is 4. The summed E-state index contributed by atoms with van der Waals surface area (Å²) in [6.07, 6.45) is 5.72. The van der Waals surface area contributed by atoms with Gasteiger partial charge in [0, 0.05) is 24.5 Å². The van der Waals surface area contributed by atoms with Crippen LogP contribution in [0.5, 0.6) is 11.5 Å². The normalized spacial score (nSPS) is 18.8. The van der Waals surface area contributed by atoms with Gasteiger partial charge < -0.3 is 35.0 Å². The standard InChI is InChI=1S/C40H44ClN4O7/c1-24(46)43-33-23-28-22-26-14-6-9-17-30(26)35(37(28)51-3)34-29-16-8-5-13-25(29)21-27(36(34)50-2)15-7-10-19-32(40(49)52-4)45-38(47)31(44-39(33)48)18-11-12-20-42-41/h5-10,13-14,16-17,21-22,31-33H,11-12,15,18-20,23H2,1-4H3,(H,43,46)(H,44,48)(H,45,47)/q-1/b10-7-/t31-,32-,33?/m0/s1. The lowest BCUT2D eigenvalue weighted by molar-refractivity contribution is -0.145. The number of nitrogens with zero attached hydrogens (tertiary/aromatic N) is 1. The smallest absolute Gasteiger partial charge is 0.328 e. The third-order valence-electron chi connectivity index (χ3n) is 9.23. The minimum Gasteiger partial charge on any atom is -0.575 e. The summed E-state index contributed by atoms with van der Waals surface area (Å²) in [6, 6.07) is 16.9. The first kappa shape index (κ1) is 38.1. The van der Waals surface area contributed by atoms with E-state index in [2.05, 4.69) is 26.9 Å². The molecule has 1 heterocycles. The number of methoxy groups -OCH3 is 3. The Labute approximate surface area is 308 Å². The Balaban J connectivity index is 1.76. The van der Waals surface area contributed by atoms with E-state index in [0.717, 1.165) is 38.2 Å². The third-order valence-corrected chi connectivity index (χ3v) is 9.40. The highest BCUT2D eigenvalue weighted by molar-refractivity contribution is 6.24. The van der Waals surface area contributed by atoms with Crippen LogP contribution in [0.2, 0.25) is 0 Å². The van der Waals surface area contributed by atoms with Crippen LogP contribution in [-0.4, -0.2) is 69.7 Å². The molecular formula is C40H44ClN4O7-. The molecule has 11 nitrogen and oxygen atoms in total. The summed E-state index contributed by atoms with van der Waals surface area (Å²) in [5, 5.41) is 12.1. The molecule has 0 saturated carbocycles. The van der Waals surface area contributed by atoms with E-state index in [0.29, 0.717) is 42.9 Å². The van der Waals surface area contributed by atoms with Gasteiger partial charge in [-0.2, -0.15) is 0 Å². The van der Waals surface area contributed by atoms with Crippen molar-refractivity contribution in [3.63, 3.8) is 0 Å². The van der Waals surface area contributed by atoms with Crippen LogP contribution in [0.4, 0.5) is 0 Å². The molecule has 1 aliphatic heterocycles. The molecule has 274 valence electrons. The topological polar surface area (TPSA) is 146 Å².